The summed E-state index contributed by atoms with van der Waals surface area (Å²) >= 11 is 5.83. The molecule has 1 aromatic carbocycles. The van der Waals surface area contributed by atoms with Gasteiger partial charge < -0.3 is 10.6 Å². The van der Waals surface area contributed by atoms with E-state index >= 15 is 0 Å². The molecule has 1 amide bonds. The summed E-state index contributed by atoms with van der Waals surface area (Å²) in [5.74, 6) is -0.407. The van der Waals surface area contributed by atoms with Gasteiger partial charge in [0, 0.05) is 25.2 Å². The van der Waals surface area contributed by atoms with Crippen molar-refractivity contribution in [2.75, 3.05) is 13.1 Å². The quantitative estimate of drug-likeness (QED) is 0.836. The van der Waals surface area contributed by atoms with Gasteiger partial charge in [-0.25, -0.2) is 9.37 Å². The third-order valence-electron chi connectivity index (χ3n) is 4.46. The first-order valence-corrected chi connectivity index (χ1v) is 8.30. The summed E-state index contributed by atoms with van der Waals surface area (Å²) in [6.07, 6.45) is 1.73. The van der Waals surface area contributed by atoms with E-state index in [1.807, 2.05) is 13.0 Å². The maximum atomic E-state index is 13.0. The van der Waals surface area contributed by atoms with Crippen LogP contribution in [0.4, 0.5) is 4.39 Å². The maximum absolute atomic E-state index is 13.0. The molecule has 0 unspecified atom stereocenters. The smallest absolute Gasteiger partial charge is 0.225 e. The van der Waals surface area contributed by atoms with Crippen LogP contribution in [0.2, 0.25) is 5.15 Å². The van der Waals surface area contributed by atoms with E-state index in [2.05, 4.69) is 15.6 Å². The van der Waals surface area contributed by atoms with E-state index in [-0.39, 0.29) is 29.6 Å². The number of hydrogen-bond acceptors (Lipinski definition) is 3. The van der Waals surface area contributed by atoms with Crippen LogP contribution in [0, 0.1) is 11.7 Å². The minimum Gasteiger partial charge on any atom is -0.349 e. The van der Waals surface area contributed by atoms with Crippen molar-refractivity contribution in [2.45, 2.75) is 18.9 Å². The zero-order valence-electron chi connectivity index (χ0n) is 13.3. The summed E-state index contributed by atoms with van der Waals surface area (Å²) in [7, 11) is 0. The van der Waals surface area contributed by atoms with Gasteiger partial charge in [0.05, 0.1) is 12.0 Å². The molecule has 4 nitrogen and oxygen atoms in total. The molecule has 0 spiro atoms. The fourth-order valence-electron chi connectivity index (χ4n) is 3.07. The Hall–Kier alpha value is -1.98. The fraction of sp³-hybridized carbons (Fsp3) is 0.333. The summed E-state index contributed by atoms with van der Waals surface area (Å²) in [5, 5.41) is 6.73. The number of aromatic nitrogens is 1. The number of carbonyl (C=O) groups excluding carboxylic acids is 1. The molecule has 1 aliphatic rings. The molecule has 1 saturated heterocycles. The first-order valence-electron chi connectivity index (χ1n) is 7.92. The van der Waals surface area contributed by atoms with Crippen LogP contribution in [-0.2, 0) is 4.79 Å². The minimum atomic E-state index is -0.285. The van der Waals surface area contributed by atoms with Gasteiger partial charge in [-0.2, -0.15) is 0 Å². The molecule has 0 aliphatic carbocycles. The molecule has 3 rings (SSSR count). The van der Waals surface area contributed by atoms with Gasteiger partial charge in [0.1, 0.15) is 11.0 Å². The number of nitrogens with zero attached hydrogens (tertiary/aromatic N) is 1. The Balaban J connectivity index is 1.69. The van der Waals surface area contributed by atoms with Crippen molar-refractivity contribution in [2.24, 2.45) is 5.92 Å². The Bertz CT molecular complexity index is 705. The van der Waals surface area contributed by atoms with Crippen LogP contribution in [0.25, 0.3) is 0 Å². The van der Waals surface area contributed by atoms with Gasteiger partial charge in [0.15, 0.2) is 0 Å². The van der Waals surface area contributed by atoms with Crippen molar-refractivity contribution < 1.29 is 9.18 Å². The normalized spacial score (nSPS) is 21.5. The van der Waals surface area contributed by atoms with Crippen molar-refractivity contribution in [1.29, 1.82) is 0 Å². The van der Waals surface area contributed by atoms with Gasteiger partial charge in [-0.05, 0) is 36.2 Å². The molecule has 1 aliphatic heterocycles. The number of carbonyl (C=O) groups is 1. The van der Waals surface area contributed by atoms with Gasteiger partial charge in [0.25, 0.3) is 0 Å². The molecule has 24 heavy (non-hydrogen) atoms. The molecule has 0 radical (unpaired) electrons. The molecule has 0 saturated carbocycles. The lowest BCUT2D eigenvalue weighted by Gasteiger charge is -2.21. The highest BCUT2D eigenvalue weighted by molar-refractivity contribution is 6.29. The van der Waals surface area contributed by atoms with E-state index in [4.69, 9.17) is 11.6 Å². The molecule has 6 heteroatoms. The second-order valence-corrected chi connectivity index (χ2v) is 6.45. The van der Waals surface area contributed by atoms with Crippen molar-refractivity contribution in [3.63, 3.8) is 0 Å². The summed E-state index contributed by atoms with van der Waals surface area (Å²) in [4.78, 5) is 16.8. The Labute approximate surface area is 145 Å². The van der Waals surface area contributed by atoms with Crippen LogP contribution >= 0.6 is 11.6 Å². The van der Waals surface area contributed by atoms with Crippen LogP contribution < -0.4 is 10.6 Å². The summed E-state index contributed by atoms with van der Waals surface area (Å²) in [5.41, 5.74) is 1.87. The van der Waals surface area contributed by atoms with Gasteiger partial charge in [0.2, 0.25) is 5.91 Å². The van der Waals surface area contributed by atoms with Crippen molar-refractivity contribution in [1.82, 2.24) is 15.6 Å². The molecule has 126 valence electrons. The van der Waals surface area contributed by atoms with Gasteiger partial charge in [-0.3, -0.25) is 4.79 Å². The van der Waals surface area contributed by atoms with Crippen LogP contribution in [0.1, 0.15) is 30.0 Å². The predicted molar refractivity (Wildman–Crippen MR) is 91.3 cm³/mol. The number of nitrogens with one attached hydrogen (secondary N) is 2. The van der Waals surface area contributed by atoms with E-state index in [0.29, 0.717) is 11.7 Å². The van der Waals surface area contributed by atoms with Crippen LogP contribution in [0.3, 0.4) is 0 Å². The first kappa shape index (κ1) is 16.9. The maximum Gasteiger partial charge on any atom is 0.225 e. The summed E-state index contributed by atoms with van der Waals surface area (Å²) in [6.45, 7) is 3.24. The van der Waals surface area contributed by atoms with E-state index < -0.39 is 0 Å². The average molecular weight is 348 g/mol. The lowest BCUT2D eigenvalue weighted by atomic mass is 9.89. The molecule has 2 heterocycles. The summed E-state index contributed by atoms with van der Waals surface area (Å²) in [6, 6.07) is 9.65. The van der Waals surface area contributed by atoms with E-state index in [1.165, 1.54) is 12.1 Å². The number of benzene rings is 1. The molecule has 1 fully saturated rings. The topological polar surface area (TPSA) is 54.0 Å². The molecular formula is C18H19ClFN3O. The fourth-order valence-corrected chi connectivity index (χ4v) is 3.18. The number of amides is 1. The lowest BCUT2D eigenvalue weighted by Crippen LogP contribution is -2.36. The van der Waals surface area contributed by atoms with Gasteiger partial charge in [-0.15, -0.1) is 0 Å². The van der Waals surface area contributed by atoms with Crippen LogP contribution in [-0.4, -0.2) is 24.0 Å². The highest BCUT2D eigenvalue weighted by Gasteiger charge is 2.34. The largest absolute Gasteiger partial charge is 0.349 e. The third kappa shape index (κ3) is 3.74. The zero-order valence-corrected chi connectivity index (χ0v) is 14.1. The van der Waals surface area contributed by atoms with Crippen LogP contribution in [0.15, 0.2) is 42.6 Å². The second kappa shape index (κ2) is 7.28. The second-order valence-electron chi connectivity index (χ2n) is 6.07. The van der Waals surface area contributed by atoms with Crippen molar-refractivity contribution in [3.8, 4) is 0 Å². The van der Waals surface area contributed by atoms with E-state index in [9.17, 15) is 9.18 Å². The number of rotatable bonds is 4. The van der Waals surface area contributed by atoms with Crippen LogP contribution in [0.5, 0.6) is 0 Å². The number of hydrogen-bond donors (Lipinski definition) is 2. The van der Waals surface area contributed by atoms with Crippen molar-refractivity contribution >= 4 is 17.5 Å². The lowest BCUT2D eigenvalue weighted by molar-refractivity contribution is -0.125. The Morgan fingerprint density at radius 1 is 1.29 bits per heavy atom. The molecule has 2 N–H and O–H groups in total. The van der Waals surface area contributed by atoms with Gasteiger partial charge in [-0.1, -0.05) is 29.8 Å². The van der Waals surface area contributed by atoms with Gasteiger partial charge >= 0.3 is 0 Å². The third-order valence-corrected chi connectivity index (χ3v) is 4.68. The standard InChI is InChI=1S/C18H19ClFN3O/c1-11(12-2-5-14(20)6-3-12)23-18(24)16-10-21-9-15(16)13-4-7-17(19)22-8-13/h2-8,11,15-16,21H,9-10H2,1H3,(H,23,24)/t11-,15-,16+/m0/s1. The Kier molecular flexibility index (Phi) is 5.11. The number of pyridine rings is 1. The van der Waals surface area contributed by atoms with E-state index in [0.717, 1.165) is 17.7 Å². The molecular weight excluding hydrogens is 329 g/mol. The predicted octanol–water partition coefficient (Wildman–Crippen LogP) is 3.05. The minimum absolute atomic E-state index is 0.0169. The molecule has 2 aromatic rings. The molecule has 3 atom stereocenters. The zero-order chi connectivity index (χ0) is 17.1. The Morgan fingerprint density at radius 3 is 2.71 bits per heavy atom. The summed E-state index contributed by atoms with van der Waals surface area (Å²) < 4.78 is 13.0. The highest BCUT2D eigenvalue weighted by Crippen LogP contribution is 2.29. The average Bonchev–Trinajstić information content (AvgIpc) is 3.06. The number of halogens is 2. The Morgan fingerprint density at radius 2 is 2.04 bits per heavy atom. The first-order chi connectivity index (χ1) is 11.5. The highest BCUT2D eigenvalue weighted by atomic mass is 35.5. The SMILES string of the molecule is C[C@H](NC(=O)[C@@H]1CNC[C@H]1c1ccc(Cl)nc1)c1ccc(F)cc1. The monoisotopic (exact) mass is 347 g/mol. The van der Waals surface area contributed by atoms with Crippen molar-refractivity contribution in [3.05, 3.63) is 64.7 Å². The molecule has 1 aromatic heterocycles. The molecule has 0 bridgehead atoms. The van der Waals surface area contributed by atoms with E-state index in [1.54, 1.807) is 24.4 Å².